The molecule has 0 spiro atoms. The summed E-state index contributed by atoms with van der Waals surface area (Å²) < 4.78 is 28.1. The molecule has 0 saturated heterocycles. The van der Waals surface area contributed by atoms with E-state index in [9.17, 15) is 0 Å². The fourth-order valence-corrected chi connectivity index (χ4v) is 3.27. The second-order valence-corrected chi connectivity index (χ2v) is 7.09. The number of benzene rings is 2. The van der Waals surface area contributed by atoms with Crippen LogP contribution in [0, 0.1) is 0 Å². The lowest BCUT2D eigenvalue weighted by atomic mass is 10.0. The molecule has 2 aromatic carbocycles. The van der Waals surface area contributed by atoms with Crippen LogP contribution in [-0.2, 0) is 12.8 Å². The van der Waals surface area contributed by atoms with E-state index >= 15 is 0 Å². The van der Waals surface area contributed by atoms with Crippen LogP contribution in [0.3, 0.4) is 0 Å². The van der Waals surface area contributed by atoms with Crippen molar-refractivity contribution in [1.82, 2.24) is 0 Å². The summed E-state index contributed by atoms with van der Waals surface area (Å²) in [6, 6.07) is 10.1. The van der Waals surface area contributed by atoms with Crippen LogP contribution in [0.5, 0.6) is 28.7 Å². The molecule has 0 N–H and O–H groups in total. The zero-order chi connectivity index (χ0) is 21.2. The van der Waals surface area contributed by atoms with Gasteiger partial charge in [-0.25, -0.2) is 0 Å². The highest BCUT2D eigenvalue weighted by Gasteiger charge is 2.17. The number of aryl methyl sites for hydroxylation is 2. The van der Waals surface area contributed by atoms with Crippen LogP contribution in [0.2, 0.25) is 0 Å². The van der Waals surface area contributed by atoms with Crippen molar-refractivity contribution in [1.29, 1.82) is 0 Å². The molecule has 1 unspecified atom stereocenters. The van der Waals surface area contributed by atoms with Gasteiger partial charge in [-0.05, 0) is 61.6 Å². The standard InChI is InChI=1S/C24H34O5/c1-7-8-9-17(2)29-24-22(27-5)15-19(16-23(24)28-6)11-10-18-12-13-20(25-3)21(14-18)26-4/h12-17H,7-11H2,1-6H3. The normalized spacial score (nSPS) is 11.7. The van der Waals surface area contributed by atoms with Crippen molar-refractivity contribution in [2.75, 3.05) is 28.4 Å². The Morgan fingerprint density at radius 3 is 1.83 bits per heavy atom. The Morgan fingerprint density at radius 1 is 0.724 bits per heavy atom. The SMILES string of the molecule is CCCCC(C)Oc1c(OC)cc(CCc2ccc(OC)c(OC)c2)cc1OC. The zero-order valence-electron chi connectivity index (χ0n) is 18.5. The van der Waals surface area contributed by atoms with Crippen molar-refractivity contribution in [2.45, 2.75) is 52.1 Å². The van der Waals surface area contributed by atoms with E-state index < -0.39 is 0 Å². The lowest BCUT2D eigenvalue weighted by molar-refractivity contribution is 0.189. The van der Waals surface area contributed by atoms with Gasteiger partial charge in [0, 0.05) is 0 Å². The second kappa shape index (κ2) is 11.4. The maximum Gasteiger partial charge on any atom is 0.203 e. The summed E-state index contributed by atoms with van der Waals surface area (Å²) in [5.74, 6) is 3.56. The Morgan fingerprint density at radius 2 is 1.28 bits per heavy atom. The average molecular weight is 403 g/mol. The molecule has 0 bridgehead atoms. The van der Waals surface area contributed by atoms with Gasteiger partial charge in [0.1, 0.15) is 0 Å². The van der Waals surface area contributed by atoms with Crippen molar-refractivity contribution in [3.63, 3.8) is 0 Å². The molecule has 160 valence electrons. The molecule has 0 heterocycles. The van der Waals surface area contributed by atoms with Gasteiger partial charge in [0.2, 0.25) is 5.75 Å². The van der Waals surface area contributed by atoms with E-state index in [0.717, 1.165) is 49.2 Å². The van der Waals surface area contributed by atoms with Crippen LogP contribution in [-0.4, -0.2) is 34.5 Å². The second-order valence-electron chi connectivity index (χ2n) is 7.09. The molecule has 2 rings (SSSR count). The number of ether oxygens (including phenoxy) is 5. The van der Waals surface area contributed by atoms with Crippen LogP contribution in [0.15, 0.2) is 30.3 Å². The Bertz CT molecular complexity index is 747. The molecule has 1 atom stereocenters. The monoisotopic (exact) mass is 402 g/mol. The lowest BCUT2D eigenvalue weighted by Crippen LogP contribution is -2.13. The highest BCUT2D eigenvalue weighted by Crippen LogP contribution is 2.40. The Kier molecular flexibility index (Phi) is 8.97. The predicted molar refractivity (Wildman–Crippen MR) is 116 cm³/mol. The largest absolute Gasteiger partial charge is 0.493 e. The first-order valence-electron chi connectivity index (χ1n) is 10.2. The van der Waals surface area contributed by atoms with Gasteiger partial charge in [-0.1, -0.05) is 25.8 Å². The van der Waals surface area contributed by atoms with Crippen LogP contribution in [0.4, 0.5) is 0 Å². The summed E-state index contributed by atoms with van der Waals surface area (Å²) in [6.45, 7) is 4.26. The van der Waals surface area contributed by atoms with E-state index in [4.69, 9.17) is 23.7 Å². The summed E-state index contributed by atoms with van der Waals surface area (Å²) in [5.41, 5.74) is 2.30. The summed E-state index contributed by atoms with van der Waals surface area (Å²) >= 11 is 0. The molecule has 5 heteroatoms. The zero-order valence-corrected chi connectivity index (χ0v) is 18.5. The number of methoxy groups -OCH3 is 4. The van der Waals surface area contributed by atoms with Crippen LogP contribution >= 0.6 is 0 Å². The van der Waals surface area contributed by atoms with Gasteiger partial charge >= 0.3 is 0 Å². The molecule has 29 heavy (non-hydrogen) atoms. The molecule has 0 amide bonds. The minimum atomic E-state index is 0.107. The molecular formula is C24H34O5. The highest BCUT2D eigenvalue weighted by molar-refractivity contribution is 5.54. The molecule has 0 aliphatic carbocycles. The van der Waals surface area contributed by atoms with E-state index in [2.05, 4.69) is 19.9 Å². The fourth-order valence-electron chi connectivity index (χ4n) is 3.27. The molecule has 0 fully saturated rings. The lowest BCUT2D eigenvalue weighted by Gasteiger charge is -2.20. The van der Waals surface area contributed by atoms with Gasteiger partial charge in [0.05, 0.1) is 34.5 Å². The molecule has 0 radical (unpaired) electrons. The first kappa shape index (κ1) is 22.7. The molecule has 0 aliphatic heterocycles. The van der Waals surface area contributed by atoms with Gasteiger partial charge < -0.3 is 23.7 Å². The third-order valence-electron chi connectivity index (χ3n) is 4.95. The summed E-state index contributed by atoms with van der Waals surface area (Å²) in [6.07, 6.45) is 5.10. The maximum absolute atomic E-state index is 6.15. The highest BCUT2D eigenvalue weighted by atomic mass is 16.5. The van der Waals surface area contributed by atoms with Crippen molar-refractivity contribution < 1.29 is 23.7 Å². The number of rotatable bonds is 12. The third-order valence-corrected chi connectivity index (χ3v) is 4.95. The van der Waals surface area contributed by atoms with Gasteiger partial charge in [0.15, 0.2) is 23.0 Å². The molecular weight excluding hydrogens is 368 g/mol. The van der Waals surface area contributed by atoms with Crippen molar-refractivity contribution in [3.05, 3.63) is 41.5 Å². The molecule has 2 aromatic rings. The summed E-state index contributed by atoms with van der Waals surface area (Å²) in [7, 11) is 6.62. The number of hydrogen-bond donors (Lipinski definition) is 0. The first-order chi connectivity index (χ1) is 14.1. The maximum atomic E-state index is 6.15. The quantitative estimate of drug-likeness (QED) is 0.471. The van der Waals surface area contributed by atoms with E-state index in [1.54, 1.807) is 28.4 Å². The minimum Gasteiger partial charge on any atom is -0.493 e. The van der Waals surface area contributed by atoms with Gasteiger partial charge in [0.25, 0.3) is 0 Å². The van der Waals surface area contributed by atoms with Gasteiger partial charge in [-0.2, -0.15) is 0 Å². The third kappa shape index (κ3) is 6.21. The van der Waals surface area contributed by atoms with E-state index in [-0.39, 0.29) is 6.10 Å². The van der Waals surface area contributed by atoms with Crippen molar-refractivity contribution >= 4 is 0 Å². The molecule has 0 saturated carbocycles. The van der Waals surface area contributed by atoms with E-state index in [1.165, 1.54) is 5.56 Å². The Labute approximate surface area is 174 Å². The molecule has 0 aliphatic rings. The number of hydrogen-bond acceptors (Lipinski definition) is 5. The topological polar surface area (TPSA) is 46.2 Å². The summed E-state index contributed by atoms with van der Waals surface area (Å²) in [4.78, 5) is 0. The van der Waals surface area contributed by atoms with Crippen molar-refractivity contribution in [3.8, 4) is 28.7 Å². The summed E-state index contributed by atoms with van der Waals surface area (Å²) in [5, 5.41) is 0. The van der Waals surface area contributed by atoms with E-state index in [0.29, 0.717) is 17.2 Å². The molecule has 5 nitrogen and oxygen atoms in total. The fraction of sp³-hybridized carbons (Fsp3) is 0.500. The van der Waals surface area contributed by atoms with Gasteiger partial charge in [-0.3, -0.25) is 0 Å². The average Bonchev–Trinajstić information content (AvgIpc) is 2.76. The Hall–Kier alpha value is -2.56. The van der Waals surface area contributed by atoms with Crippen molar-refractivity contribution in [2.24, 2.45) is 0 Å². The van der Waals surface area contributed by atoms with Crippen LogP contribution < -0.4 is 23.7 Å². The minimum absolute atomic E-state index is 0.107. The molecule has 0 aromatic heterocycles. The van der Waals surface area contributed by atoms with Gasteiger partial charge in [-0.15, -0.1) is 0 Å². The number of unbranched alkanes of at least 4 members (excludes halogenated alkanes) is 1. The smallest absolute Gasteiger partial charge is 0.203 e. The van der Waals surface area contributed by atoms with E-state index in [1.807, 2.05) is 24.3 Å². The van der Waals surface area contributed by atoms with Crippen LogP contribution in [0.25, 0.3) is 0 Å². The predicted octanol–water partition coefficient (Wildman–Crippen LogP) is 5.46. The Balaban J connectivity index is 2.17. The van der Waals surface area contributed by atoms with Crippen LogP contribution in [0.1, 0.15) is 44.2 Å². The first-order valence-corrected chi connectivity index (χ1v) is 10.2.